The number of benzene rings is 2. The molecule has 0 heterocycles. The van der Waals surface area contributed by atoms with Gasteiger partial charge in [0.2, 0.25) is 0 Å². The van der Waals surface area contributed by atoms with Gasteiger partial charge in [0.25, 0.3) is 5.69 Å². The third-order valence-electron chi connectivity index (χ3n) is 2.42. The number of non-ortho nitro benzene ring substituents is 1. The highest BCUT2D eigenvalue weighted by Gasteiger charge is 2.21. The first-order valence-electron chi connectivity index (χ1n) is 4.64. The normalized spacial score (nSPS) is 10.4. The number of nitro benzene ring substituents is 1. The zero-order chi connectivity index (χ0) is 12.6. The molecule has 2 rings (SSSR count). The van der Waals surface area contributed by atoms with Crippen LogP contribution in [0.25, 0.3) is 10.8 Å². The van der Waals surface area contributed by atoms with Gasteiger partial charge in [-0.05, 0) is 6.07 Å². The molecule has 0 bridgehead atoms. The topological polar surface area (TPSA) is 101 Å². The molecule has 2 aromatic rings. The average Bonchev–Trinajstić information content (AvgIpc) is 2.29. The summed E-state index contributed by atoms with van der Waals surface area (Å²) >= 11 is 0. The molecule has 2 aromatic carbocycles. The Morgan fingerprint density at radius 1 is 1.24 bits per heavy atom. The fourth-order valence-corrected chi connectivity index (χ4v) is 1.65. The standard InChI is InChI=1S/C11H7NO5/c13-10-7-4-2-1-3-6(7)9(12(16)17)5-8(10)11(14)15/h1-5,13H,(H,14,15). The number of aromatic hydroxyl groups is 1. The van der Waals surface area contributed by atoms with Gasteiger partial charge in [-0.3, -0.25) is 10.1 Å². The lowest BCUT2D eigenvalue weighted by molar-refractivity contribution is -0.383. The van der Waals surface area contributed by atoms with Crippen LogP contribution in [0.3, 0.4) is 0 Å². The number of phenols is 1. The highest BCUT2D eigenvalue weighted by molar-refractivity contribution is 6.04. The van der Waals surface area contributed by atoms with Gasteiger partial charge in [0.15, 0.2) is 0 Å². The number of carboxylic acid groups (broad SMARTS) is 1. The van der Waals surface area contributed by atoms with E-state index in [2.05, 4.69) is 0 Å². The molecule has 2 N–H and O–H groups in total. The zero-order valence-corrected chi connectivity index (χ0v) is 8.45. The van der Waals surface area contributed by atoms with Crippen LogP contribution in [0.2, 0.25) is 0 Å². The van der Waals surface area contributed by atoms with Crippen molar-refractivity contribution in [3.8, 4) is 5.75 Å². The van der Waals surface area contributed by atoms with Gasteiger partial charge < -0.3 is 10.2 Å². The minimum atomic E-state index is -1.41. The number of fused-ring (bicyclic) bond motifs is 1. The second-order valence-corrected chi connectivity index (χ2v) is 3.40. The van der Waals surface area contributed by atoms with Crippen molar-refractivity contribution in [3.63, 3.8) is 0 Å². The summed E-state index contributed by atoms with van der Waals surface area (Å²) in [4.78, 5) is 21.0. The molecule has 6 heteroatoms. The first-order chi connectivity index (χ1) is 8.02. The number of carboxylic acids is 1. The van der Waals surface area contributed by atoms with Gasteiger partial charge >= 0.3 is 5.97 Å². The van der Waals surface area contributed by atoms with Crippen molar-refractivity contribution in [2.24, 2.45) is 0 Å². The Labute approximate surface area is 94.9 Å². The van der Waals surface area contributed by atoms with E-state index in [4.69, 9.17) is 5.11 Å². The third kappa shape index (κ3) is 1.65. The van der Waals surface area contributed by atoms with Crippen molar-refractivity contribution in [1.29, 1.82) is 0 Å². The van der Waals surface area contributed by atoms with Crippen LogP contribution in [0.5, 0.6) is 5.75 Å². The molecule has 0 radical (unpaired) electrons. The van der Waals surface area contributed by atoms with Crippen molar-refractivity contribution in [3.05, 3.63) is 46.0 Å². The van der Waals surface area contributed by atoms with Gasteiger partial charge in [-0.1, -0.05) is 18.2 Å². The molecule has 0 atom stereocenters. The Bertz CT molecular complexity index is 635. The van der Waals surface area contributed by atoms with E-state index in [0.29, 0.717) is 0 Å². The van der Waals surface area contributed by atoms with Crippen molar-refractivity contribution in [1.82, 2.24) is 0 Å². The number of carbonyl (C=O) groups is 1. The van der Waals surface area contributed by atoms with Gasteiger partial charge in [-0.25, -0.2) is 4.79 Å². The first-order valence-corrected chi connectivity index (χ1v) is 4.64. The Hall–Kier alpha value is -2.63. The third-order valence-corrected chi connectivity index (χ3v) is 2.42. The number of hydrogen-bond donors (Lipinski definition) is 2. The molecule has 0 spiro atoms. The Kier molecular flexibility index (Phi) is 2.40. The number of nitrogens with zero attached hydrogens (tertiary/aromatic N) is 1. The van der Waals surface area contributed by atoms with E-state index in [1.165, 1.54) is 12.1 Å². The summed E-state index contributed by atoms with van der Waals surface area (Å²) in [7, 11) is 0. The van der Waals surface area contributed by atoms with Gasteiger partial charge in [0.05, 0.1) is 10.3 Å². The van der Waals surface area contributed by atoms with Gasteiger partial charge in [-0.15, -0.1) is 0 Å². The molecule has 17 heavy (non-hydrogen) atoms. The summed E-state index contributed by atoms with van der Waals surface area (Å²) < 4.78 is 0. The quantitative estimate of drug-likeness (QED) is 0.611. The fourth-order valence-electron chi connectivity index (χ4n) is 1.65. The summed E-state index contributed by atoms with van der Waals surface area (Å²) in [6, 6.07) is 6.90. The van der Waals surface area contributed by atoms with Crippen LogP contribution in [0, 0.1) is 10.1 Å². The molecule has 0 aliphatic carbocycles. The molecule has 0 fully saturated rings. The van der Waals surface area contributed by atoms with Crippen LogP contribution >= 0.6 is 0 Å². The Balaban J connectivity index is 2.94. The molecule has 0 saturated heterocycles. The maximum atomic E-state index is 10.9. The van der Waals surface area contributed by atoms with Crippen LogP contribution in [-0.4, -0.2) is 21.1 Å². The first kappa shape index (κ1) is 10.9. The molecular weight excluding hydrogens is 226 g/mol. The molecule has 0 aromatic heterocycles. The fraction of sp³-hybridized carbons (Fsp3) is 0. The maximum Gasteiger partial charge on any atom is 0.339 e. The van der Waals surface area contributed by atoms with Crippen LogP contribution < -0.4 is 0 Å². The number of rotatable bonds is 2. The summed E-state index contributed by atoms with van der Waals surface area (Å²) in [5, 5.41) is 29.8. The lowest BCUT2D eigenvalue weighted by Gasteiger charge is -2.05. The summed E-state index contributed by atoms with van der Waals surface area (Å²) in [5.41, 5.74) is -0.814. The maximum absolute atomic E-state index is 10.9. The van der Waals surface area contributed by atoms with Crippen LogP contribution in [-0.2, 0) is 0 Å². The largest absolute Gasteiger partial charge is 0.506 e. The average molecular weight is 233 g/mol. The number of hydrogen-bond acceptors (Lipinski definition) is 4. The molecule has 0 aliphatic rings. The van der Waals surface area contributed by atoms with E-state index < -0.39 is 22.2 Å². The van der Waals surface area contributed by atoms with Gasteiger partial charge in [0, 0.05) is 11.5 Å². The predicted molar refractivity (Wildman–Crippen MR) is 59.2 cm³/mol. The Morgan fingerprint density at radius 3 is 2.35 bits per heavy atom. The monoisotopic (exact) mass is 233 g/mol. The van der Waals surface area contributed by atoms with Crippen molar-refractivity contribution in [2.45, 2.75) is 0 Å². The van der Waals surface area contributed by atoms with E-state index in [0.717, 1.165) is 6.07 Å². The van der Waals surface area contributed by atoms with Gasteiger partial charge in [-0.2, -0.15) is 0 Å². The molecule has 0 amide bonds. The van der Waals surface area contributed by atoms with Crippen molar-refractivity contribution in [2.75, 3.05) is 0 Å². The Morgan fingerprint density at radius 2 is 1.82 bits per heavy atom. The zero-order valence-electron chi connectivity index (χ0n) is 8.45. The van der Waals surface area contributed by atoms with E-state index >= 15 is 0 Å². The van der Waals surface area contributed by atoms with E-state index in [1.807, 2.05) is 0 Å². The SMILES string of the molecule is O=C(O)c1cc([N+](=O)[O-])c2ccccc2c1O. The second-order valence-electron chi connectivity index (χ2n) is 3.40. The predicted octanol–water partition coefficient (Wildman–Crippen LogP) is 2.15. The summed E-state index contributed by atoms with van der Waals surface area (Å²) in [6.07, 6.45) is 0. The molecule has 0 aliphatic heterocycles. The van der Waals surface area contributed by atoms with Crippen molar-refractivity contribution >= 4 is 22.4 Å². The molecular formula is C11H7NO5. The second kappa shape index (κ2) is 3.75. The van der Waals surface area contributed by atoms with Crippen LogP contribution in [0.4, 0.5) is 5.69 Å². The highest BCUT2D eigenvalue weighted by Crippen LogP contribution is 2.35. The molecule has 0 saturated carbocycles. The van der Waals surface area contributed by atoms with E-state index in [-0.39, 0.29) is 16.5 Å². The summed E-state index contributed by atoms with van der Waals surface area (Å²) in [6.45, 7) is 0. The lowest BCUT2D eigenvalue weighted by atomic mass is 10.0. The molecule has 86 valence electrons. The van der Waals surface area contributed by atoms with E-state index in [9.17, 15) is 20.0 Å². The minimum Gasteiger partial charge on any atom is -0.506 e. The highest BCUT2D eigenvalue weighted by atomic mass is 16.6. The van der Waals surface area contributed by atoms with Crippen molar-refractivity contribution < 1.29 is 19.9 Å². The number of aromatic carboxylic acids is 1. The molecule has 0 unspecified atom stereocenters. The van der Waals surface area contributed by atoms with Crippen LogP contribution in [0.15, 0.2) is 30.3 Å². The summed E-state index contributed by atoms with van der Waals surface area (Å²) in [5.74, 6) is -1.87. The molecule has 6 nitrogen and oxygen atoms in total. The van der Waals surface area contributed by atoms with Crippen LogP contribution in [0.1, 0.15) is 10.4 Å². The minimum absolute atomic E-state index is 0.152. The van der Waals surface area contributed by atoms with E-state index in [1.54, 1.807) is 12.1 Å². The van der Waals surface area contributed by atoms with Gasteiger partial charge in [0.1, 0.15) is 11.3 Å². The smallest absolute Gasteiger partial charge is 0.339 e. The lowest BCUT2D eigenvalue weighted by Crippen LogP contribution is -2.00. The number of nitro groups is 1.